The summed E-state index contributed by atoms with van der Waals surface area (Å²) in [7, 11) is 3.35. The van der Waals surface area contributed by atoms with Crippen LogP contribution < -0.4 is 0 Å². The van der Waals surface area contributed by atoms with Gasteiger partial charge in [0.2, 0.25) is 0 Å². The zero-order chi connectivity index (χ0) is 18.7. The Morgan fingerprint density at radius 2 is 1.21 bits per heavy atom. The third-order valence-electron chi connectivity index (χ3n) is 5.12. The summed E-state index contributed by atoms with van der Waals surface area (Å²) in [5, 5.41) is 9.16. The van der Waals surface area contributed by atoms with Crippen LogP contribution in [0, 0.1) is 16.6 Å². The van der Waals surface area contributed by atoms with Gasteiger partial charge in [-0.05, 0) is 36.8 Å². The second-order valence-electron chi connectivity index (χ2n) is 7.23. The molecule has 0 aliphatic rings. The predicted molar refractivity (Wildman–Crippen MR) is 118 cm³/mol. The third-order valence-corrected chi connectivity index (χ3v) is 6.17. The Bertz CT molecular complexity index is 280. The predicted octanol–water partition coefficient (Wildman–Crippen LogP) is 8.15. The highest BCUT2D eigenvalue weighted by molar-refractivity contribution is 7.85. The first-order valence-corrected chi connectivity index (χ1v) is 11.4. The van der Waals surface area contributed by atoms with Crippen molar-refractivity contribution in [3.05, 3.63) is 0 Å². The number of nitriles is 1. The number of hydrogen-bond acceptors (Lipinski definition) is 2. The van der Waals surface area contributed by atoms with E-state index in [0.717, 1.165) is 5.92 Å². The second-order valence-corrected chi connectivity index (χ2v) is 8.58. The molecule has 144 valence electrons. The first-order chi connectivity index (χ1) is 11.6. The molecule has 0 N–H and O–H groups in total. The molecule has 0 saturated carbocycles. The quantitative estimate of drug-likeness (QED) is 0.133. The highest BCUT2D eigenvalue weighted by Gasteiger charge is 2.32. The van der Waals surface area contributed by atoms with Crippen molar-refractivity contribution in [3.63, 3.8) is 0 Å². The Kier molecular flexibility index (Phi) is 21.6. The lowest BCUT2D eigenvalue weighted by atomic mass is 9.77. The summed E-state index contributed by atoms with van der Waals surface area (Å²) >= 11 is 3.09. The zero-order valence-electron chi connectivity index (χ0n) is 16.9. The van der Waals surface area contributed by atoms with E-state index in [4.69, 9.17) is 5.26 Å². The van der Waals surface area contributed by atoms with Crippen molar-refractivity contribution in [2.24, 2.45) is 5.92 Å². The van der Waals surface area contributed by atoms with Gasteiger partial charge in [-0.3, -0.25) is 0 Å². The molecular weight excluding hydrogens is 329 g/mol. The van der Waals surface area contributed by atoms with E-state index in [1.54, 1.807) is 0 Å². The fourth-order valence-electron chi connectivity index (χ4n) is 3.53. The van der Waals surface area contributed by atoms with Crippen LogP contribution in [-0.2, 0) is 0 Å². The molecule has 0 bridgehead atoms. The lowest BCUT2D eigenvalue weighted by molar-refractivity contribution is 0.275. The number of nitrogens with zero attached hydrogens (tertiary/aromatic N) is 1. The molecule has 24 heavy (non-hydrogen) atoms. The molecule has 0 spiro atoms. The van der Waals surface area contributed by atoms with Crippen LogP contribution in [0.15, 0.2) is 0 Å². The van der Waals surface area contributed by atoms with Crippen LogP contribution in [0.1, 0.15) is 118 Å². The molecule has 0 aromatic heterocycles. The van der Waals surface area contributed by atoms with Crippen LogP contribution >= 0.6 is 21.9 Å². The Labute approximate surface area is 161 Å². The van der Waals surface area contributed by atoms with Gasteiger partial charge in [0, 0.05) is 0 Å². The Hall–Kier alpha value is 0.270. The minimum atomic E-state index is 0.535. The molecule has 2 unspecified atom stereocenters. The van der Waals surface area contributed by atoms with Crippen molar-refractivity contribution in [3.8, 4) is 5.40 Å². The molecule has 0 aromatic carbocycles. The monoisotopic (exact) mass is 373 g/mol. The lowest BCUT2D eigenvalue weighted by Gasteiger charge is -2.39. The summed E-state index contributed by atoms with van der Waals surface area (Å²) in [4.78, 5) is 0. The maximum absolute atomic E-state index is 7.18. The normalized spacial score (nSPS) is 12.2. The molecule has 0 saturated heterocycles. The van der Waals surface area contributed by atoms with Crippen LogP contribution in [0.4, 0.5) is 0 Å². The van der Waals surface area contributed by atoms with E-state index < -0.39 is 0 Å². The third kappa shape index (κ3) is 14.6. The minimum absolute atomic E-state index is 0.535. The van der Waals surface area contributed by atoms with E-state index in [1.165, 1.54) is 95.3 Å². The van der Waals surface area contributed by atoms with E-state index in [2.05, 4.69) is 49.6 Å². The Morgan fingerprint density at radius 1 is 0.792 bits per heavy atom. The minimum Gasteiger partial charge on any atom is -0.185 e. The molecule has 1 nitrogen and oxygen atoms in total. The summed E-state index contributed by atoms with van der Waals surface area (Å²) in [6.07, 6.45) is 19.8. The van der Waals surface area contributed by atoms with Gasteiger partial charge in [-0.1, -0.05) is 105 Å². The Morgan fingerprint density at radius 3 is 1.62 bits per heavy atom. The first-order valence-electron chi connectivity index (χ1n) is 10.4. The average Bonchev–Trinajstić information content (AvgIpc) is 2.58. The SMILES string of the molecule is CCCCCCC(CCCC)C(P)(CCCC)CCCC.N#CS. The number of thiol groups is 1. The van der Waals surface area contributed by atoms with Crippen molar-refractivity contribution < 1.29 is 0 Å². The summed E-state index contributed by atoms with van der Waals surface area (Å²) in [6.45, 7) is 9.34. The van der Waals surface area contributed by atoms with E-state index in [9.17, 15) is 0 Å². The zero-order valence-corrected chi connectivity index (χ0v) is 19.0. The van der Waals surface area contributed by atoms with Crippen molar-refractivity contribution in [1.29, 1.82) is 5.26 Å². The van der Waals surface area contributed by atoms with E-state index >= 15 is 0 Å². The van der Waals surface area contributed by atoms with Crippen LogP contribution in [-0.4, -0.2) is 5.16 Å². The molecule has 0 aromatic rings. The number of rotatable bonds is 15. The summed E-state index contributed by atoms with van der Waals surface area (Å²) in [5.41, 5.74) is 0. The van der Waals surface area contributed by atoms with Crippen molar-refractivity contribution in [2.75, 3.05) is 0 Å². The lowest BCUT2D eigenvalue weighted by Crippen LogP contribution is -2.32. The maximum atomic E-state index is 7.18. The number of unbranched alkanes of at least 4 members (excludes halogenated alkanes) is 6. The van der Waals surface area contributed by atoms with E-state index in [1.807, 2.05) is 0 Å². The smallest absolute Gasteiger partial charge is 0.130 e. The van der Waals surface area contributed by atoms with Gasteiger partial charge >= 0.3 is 0 Å². The fourth-order valence-corrected chi connectivity index (χ4v) is 4.27. The summed E-state index contributed by atoms with van der Waals surface area (Å²) in [6, 6.07) is 0. The molecule has 0 aliphatic heterocycles. The van der Waals surface area contributed by atoms with E-state index in [-0.39, 0.29) is 0 Å². The number of hydrogen-bond donors (Lipinski definition) is 1. The molecule has 0 aliphatic carbocycles. The fraction of sp³-hybridized carbons (Fsp3) is 0.952. The van der Waals surface area contributed by atoms with Crippen LogP contribution in [0.5, 0.6) is 0 Å². The largest absolute Gasteiger partial charge is 0.185 e. The van der Waals surface area contributed by atoms with E-state index in [0.29, 0.717) is 5.16 Å². The standard InChI is InChI=1S/C20H43P.CHNS/c1-5-9-13-14-16-19(15-10-6-2)20(21,17-11-7-3)18-12-8-4;2-1-3/h19H,5-18,21H2,1-4H3;3H. The summed E-state index contributed by atoms with van der Waals surface area (Å²) in [5.74, 6) is 0.942. The van der Waals surface area contributed by atoms with Gasteiger partial charge in [-0.15, -0.1) is 9.24 Å². The van der Waals surface area contributed by atoms with Gasteiger partial charge in [0.05, 0.1) is 0 Å². The van der Waals surface area contributed by atoms with Crippen molar-refractivity contribution in [2.45, 2.75) is 123 Å². The van der Waals surface area contributed by atoms with Gasteiger partial charge in [0.1, 0.15) is 5.40 Å². The average molecular weight is 374 g/mol. The van der Waals surface area contributed by atoms with Crippen LogP contribution in [0.25, 0.3) is 0 Å². The first kappa shape index (κ1) is 26.5. The van der Waals surface area contributed by atoms with Gasteiger partial charge in [0.25, 0.3) is 0 Å². The van der Waals surface area contributed by atoms with Crippen LogP contribution in [0.3, 0.4) is 0 Å². The highest BCUT2D eigenvalue weighted by Crippen LogP contribution is 2.43. The van der Waals surface area contributed by atoms with Crippen molar-refractivity contribution in [1.82, 2.24) is 0 Å². The molecule has 0 rings (SSSR count). The second kappa shape index (κ2) is 19.6. The molecule has 0 heterocycles. The van der Waals surface area contributed by atoms with Crippen LogP contribution in [0.2, 0.25) is 0 Å². The molecular formula is C21H44NPS. The van der Waals surface area contributed by atoms with Gasteiger partial charge in [-0.2, -0.15) is 5.26 Å². The molecule has 3 heteroatoms. The molecule has 0 radical (unpaired) electrons. The van der Waals surface area contributed by atoms with Gasteiger partial charge < -0.3 is 0 Å². The van der Waals surface area contributed by atoms with Crippen molar-refractivity contribution >= 4 is 21.9 Å². The molecule has 0 fully saturated rings. The molecule has 2 atom stereocenters. The number of thiocyanates is 1. The van der Waals surface area contributed by atoms with Gasteiger partial charge in [-0.25, -0.2) is 0 Å². The maximum Gasteiger partial charge on any atom is 0.130 e. The topological polar surface area (TPSA) is 23.8 Å². The highest BCUT2D eigenvalue weighted by atomic mass is 32.1. The summed E-state index contributed by atoms with van der Waals surface area (Å²) < 4.78 is 0. The molecule has 0 amide bonds. The Balaban J connectivity index is 0. The van der Waals surface area contributed by atoms with Gasteiger partial charge in [0.15, 0.2) is 0 Å².